The maximum atomic E-state index is 16.4. The summed E-state index contributed by atoms with van der Waals surface area (Å²) >= 11 is 0. The van der Waals surface area contributed by atoms with Gasteiger partial charge in [0.2, 0.25) is 12.1 Å². The summed E-state index contributed by atoms with van der Waals surface area (Å²) in [7, 11) is 0. The van der Waals surface area contributed by atoms with Crippen molar-refractivity contribution in [3.05, 3.63) is 24.9 Å². The summed E-state index contributed by atoms with van der Waals surface area (Å²) < 4.78 is 39.6. The first-order valence-corrected chi connectivity index (χ1v) is 11.9. The molecule has 37 heavy (non-hydrogen) atoms. The number of hydrogen-bond acceptors (Lipinski definition) is 11. The molecule has 202 valence electrons. The van der Waals surface area contributed by atoms with Gasteiger partial charge in [-0.1, -0.05) is 41.5 Å². The van der Waals surface area contributed by atoms with Gasteiger partial charge >= 0.3 is 17.9 Å². The number of halogens is 1. The number of carbonyl (C=O) groups excluding carboxylic acids is 3. The van der Waals surface area contributed by atoms with Crippen LogP contribution in [0.2, 0.25) is 0 Å². The number of hydrogen-bond donors (Lipinski definition) is 1. The molecule has 1 fully saturated rings. The third-order valence-corrected chi connectivity index (χ3v) is 5.50. The lowest BCUT2D eigenvalue weighted by Crippen LogP contribution is -2.48. The molecule has 12 nitrogen and oxygen atoms in total. The van der Waals surface area contributed by atoms with E-state index >= 15 is 4.39 Å². The van der Waals surface area contributed by atoms with Gasteiger partial charge in [0.1, 0.15) is 0 Å². The van der Waals surface area contributed by atoms with Crippen LogP contribution in [0.5, 0.6) is 0 Å². The molecule has 0 radical (unpaired) electrons. The minimum absolute atomic E-state index is 0.0796. The van der Waals surface area contributed by atoms with E-state index in [0.29, 0.717) is 11.3 Å². The Balaban J connectivity index is 2.01. The molecule has 4 atom stereocenters. The third kappa shape index (κ3) is 6.40. The third-order valence-electron chi connectivity index (χ3n) is 5.50. The predicted molar refractivity (Wildman–Crippen MR) is 127 cm³/mol. The van der Waals surface area contributed by atoms with Gasteiger partial charge in [-0.3, -0.25) is 14.4 Å². The average molecular weight is 522 g/mol. The van der Waals surface area contributed by atoms with Crippen LogP contribution < -0.4 is 5.73 Å². The summed E-state index contributed by atoms with van der Waals surface area (Å²) in [6.45, 7) is 8.63. The van der Waals surface area contributed by atoms with Crippen molar-refractivity contribution in [3.63, 3.8) is 0 Å². The van der Waals surface area contributed by atoms with E-state index in [4.69, 9.17) is 24.7 Å². The highest BCUT2D eigenvalue weighted by Crippen LogP contribution is 2.43. The van der Waals surface area contributed by atoms with Crippen LogP contribution in [0.15, 0.2) is 24.9 Å². The number of nitrogens with zero attached hydrogens (tertiary/aromatic N) is 4. The minimum Gasteiger partial charge on any atom is -0.459 e. The van der Waals surface area contributed by atoms with Gasteiger partial charge in [-0.05, 0) is 0 Å². The summed E-state index contributed by atoms with van der Waals surface area (Å²) in [5.74, 6) is -6.56. The Hall–Kier alpha value is -3.61. The predicted octanol–water partition coefficient (Wildman–Crippen LogP) is 2.45. The Morgan fingerprint density at radius 2 is 1.57 bits per heavy atom. The summed E-state index contributed by atoms with van der Waals surface area (Å²) in [5.41, 5.74) is 6.45. The van der Waals surface area contributed by atoms with Crippen molar-refractivity contribution < 1.29 is 37.7 Å². The van der Waals surface area contributed by atoms with Gasteiger partial charge in [-0.15, -0.1) is 0 Å². The second-order valence-electron chi connectivity index (χ2n) is 9.66. The average Bonchev–Trinajstić information content (AvgIpc) is 3.42. The molecule has 1 aliphatic heterocycles. The molecule has 0 bridgehead atoms. The lowest BCUT2D eigenvalue weighted by molar-refractivity contribution is -0.226. The van der Waals surface area contributed by atoms with E-state index in [1.165, 1.54) is 29.5 Å². The molecular weight excluding hydrogens is 489 g/mol. The molecule has 0 amide bonds. The van der Waals surface area contributed by atoms with Crippen LogP contribution in [0, 0.1) is 17.8 Å². The highest BCUT2D eigenvalue weighted by atomic mass is 19.2. The second-order valence-corrected chi connectivity index (χ2v) is 9.66. The summed E-state index contributed by atoms with van der Waals surface area (Å²) in [4.78, 5) is 49.3. The zero-order chi connectivity index (χ0) is 27.5. The summed E-state index contributed by atoms with van der Waals surface area (Å²) in [6, 6.07) is 0. The van der Waals surface area contributed by atoms with Gasteiger partial charge in [-0.25, -0.2) is 19.3 Å². The zero-order valence-electron chi connectivity index (χ0n) is 21.6. The summed E-state index contributed by atoms with van der Waals surface area (Å²) in [6.07, 6.45) is 1.28. The lowest BCUT2D eigenvalue weighted by atomic mass is 10.1. The molecular formula is C24H32FN5O7. The van der Waals surface area contributed by atoms with Gasteiger partial charge in [0, 0.05) is 24.2 Å². The Bertz CT molecular complexity index is 1120. The zero-order valence-corrected chi connectivity index (χ0v) is 21.6. The number of imidazole rings is 1. The molecule has 2 aromatic rings. The maximum absolute atomic E-state index is 16.4. The number of ether oxygens (including phenoxy) is 4. The Morgan fingerprint density at radius 3 is 2.14 bits per heavy atom. The standard InChI is InChI=1S/C24H32FN5O7/c1-12(2)20(31)34-10-24(25)18(36-22(33)14(5)6)17(35-21(32)13(3)4)19(37-24)30-9-16(29-11-30)15-7-27-23(26)28-8-15/h7-9,11-14,17-19H,10H2,1-6H3,(H2,26,27,28)/t17-,18?,19+,24+/m0/s1. The van der Waals surface area contributed by atoms with Crippen molar-refractivity contribution in [1.29, 1.82) is 0 Å². The number of alkyl halides is 1. The van der Waals surface area contributed by atoms with Crippen LogP contribution in [0.3, 0.4) is 0 Å². The highest BCUT2D eigenvalue weighted by molar-refractivity contribution is 5.73. The molecule has 0 aromatic carbocycles. The Morgan fingerprint density at radius 1 is 1.00 bits per heavy atom. The van der Waals surface area contributed by atoms with E-state index in [1.807, 2.05) is 0 Å². The first-order chi connectivity index (χ1) is 17.3. The monoisotopic (exact) mass is 521 g/mol. The molecule has 1 saturated heterocycles. The molecule has 2 N–H and O–H groups in total. The number of anilines is 1. The van der Waals surface area contributed by atoms with Crippen molar-refractivity contribution in [2.45, 2.75) is 65.8 Å². The second kappa shape index (κ2) is 11.2. The normalized spacial score (nSPS) is 23.5. The smallest absolute Gasteiger partial charge is 0.308 e. The molecule has 1 unspecified atom stereocenters. The van der Waals surface area contributed by atoms with Crippen LogP contribution >= 0.6 is 0 Å². The van der Waals surface area contributed by atoms with Crippen molar-refractivity contribution in [1.82, 2.24) is 19.5 Å². The van der Waals surface area contributed by atoms with Crippen molar-refractivity contribution in [2.24, 2.45) is 17.8 Å². The quantitative estimate of drug-likeness (QED) is 0.382. The fourth-order valence-corrected chi connectivity index (χ4v) is 3.31. The van der Waals surface area contributed by atoms with E-state index in [-0.39, 0.29) is 5.95 Å². The minimum atomic E-state index is -2.82. The van der Waals surface area contributed by atoms with E-state index in [9.17, 15) is 14.4 Å². The van der Waals surface area contributed by atoms with E-state index in [0.717, 1.165) is 0 Å². The Labute approximate surface area is 213 Å². The van der Waals surface area contributed by atoms with Crippen LogP contribution in [0.25, 0.3) is 11.3 Å². The van der Waals surface area contributed by atoms with E-state index < -0.39 is 66.6 Å². The molecule has 13 heteroatoms. The number of aromatic nitrogens is 4. The number of nitrogens with two attached hydrogens (primary N) is 1. The largest absolute Gasteiger partial charge is 0.459 e. The highest BCUT2D eigenvalue weighted by Gasteiger charge is 2.62. The van der Waals surface area contributed by atoms with Crippen LogP contribution in [0.1, 0.15) is 47.8 Å². The Kier molecular flexibility index (Phi) is 8.46. The van der Waals surface area contributed by atoms with Crippen LogP contribution in [0.4, 0.5) is 10.3 Å². The summed E-state index contributed by atoms with van der Waals surface area (Å²) in [5, 5.41) is 0. The van der Waals surface area contributed by atoms with Crippen LogP contribution in [-0.2, 0) is 33.3 Å². The molecule has 0 saturated carbocycles. The molecule has 3 heterocycles. The topological polar surface area (TPSA) is 158 Å². The SMILES string of the molecule is CC(C)C(=O)OC[C@@]1(F)O[C@@H](n2cnc(-c3cnc(N)nc3)c2)[C@@H](OC(=O)C(C)C)C1OC(=O)C(C)C. The fraction of sp³-hybridized carbons (Fsp3) is 0.583. The van der Waals surface area contributed by atoms with Crippen LogP contribution in [-0.4, -0.2) is 62.1 Å². The van der Waals surface area contributed by atoms with Gasteiger partial charge < -0.3 is 29.2 Å². The lowest BCUT2D eigenvalue weighted by Gasteiger charge is -2.28. The van der Waals surface area contributed by atoms with E-state index in [1.54, 1.807) is 41.5 Å². The van der Waals surface area contributed by atoms with Crippen molar-refractivity contribution in [2.75, 3.05) is 12.3 Å². The molecule has 2 aromatic heterocycles. The molecule has 3 rings (SSSR count). The van der Waals surface area contributed by atoms with E-state index in [2.05, 4.69) is 15.0 Å². The maximum Gasteiger partial charge on any atom is 0.308 e. The van der Waals surface area contributed by atoms with Gasteiger partial charge in [0.25, 0.3) is 5.85 Å². The fourth-order valence-electron chi connectivity index (χ4n) is 3.31. The number of carbonyl (C=O) groups is 3. The molecule has 1 aliphatic rings. The number of esters is 3. The van der Waals surface area contributed by atoms with Crippen molar-refractivity contribution in [3.8, 4) is 11.3 Å². The molecule has 0 aliphatic carbocycles. The first kappa shape index (κ1) is 28.0. The van der Waals surface area contributed by atoms with Gasteiger partial charge in [0.05, 0.1) is 29.8 Å². The van der Waals surface area contributed by atoms with Gasteiger partial charge in [-0.2, -0.15) is 0 Å². The van der Waals surface area contributed by atoms with Crippen molar-refractivity contribution >= 4 is 23.9 Å². The first-order valence-electron chi connectivity index (χ1n) is 11.9. The number of rotatable bonds is 9. The van der Waals surface area contributed by atoms with Gasteiger partial charge in [0.15, 0.2) is 18.9 Å². The molecule has 0 spiro atoms. The number of nitrogen functional groups attached to an aromatic ring is 1.